The molecule has 0 amide bonds. The number of halogens is 3. The van der Waals surface area contributed by atoms with Crippen molar-refractivity contribution in [2.45, 2.75) is 20.0 Å². The highest BCUT2D eigenvalue weighted by Gasteiger charge is 2.20. The molecule has 1 aliphatic rings. The Labute approximate surface area is 158 Å². The lowest BCUT2D eigenvalue weighted by molar-refractivity contribution is -0.0261. The number of anilines is 1. The highest BCUT2D eigenvalue weighted by Crippen LogP contribution is 2.15. The average molecular weight is 454 g/mol. The molecule has 24 heavy (non-hydrogen) atoms. The number of ether oxygens (including phenoxy) is 1. The zero-order chi connectivity index (χ0) is 16.8. The Morgan fingerprint density at radius 1 is 1.46 bits per heavy atom. The molecule has 3 N–H and O–H groups in total. The standard InChI is InChI=1S/C16H24F2N4O.HI/c1-11(2)9-22-5-6-23-13(10-22)8-20-16(19)21-15-7-12(17)3-4-14(15)18;/h3-4,7,11,13H,5-6,8-10H2,1-2H3,(H3,19,20,21);1H. The molecule has 8 heteroatoms. The summed E-state index contributed by atoms with van der Waals surface area (Å²) >= 11 is 0. The fourth-order valence-corrected chi connectivity index (χ4v) is 2.54. The van der Waals surface area contributed by atoms with Crippen LogP contribution in [0.4, 0.5) is 14.5 Å². The van der Waals surface area contributed by atoms with E-state index in [0.717, 1.165) is 37.8 Å². The number of benzene rings is 1. The quantitative estimate of drug-likeness (QED) is 0.408. The summed E-state index contributed by atoms with van der Waals surface area (Å²) in [6, 6.07) is 3.13. The molecule has 0 radical (unpaired) electrons. The molecule has 5 nitrogen and oxygen atoms in total. The zero-order valence-electron chi connectivity index (χ0n) is 14.0. The number of hydrogen-bond donors (Lipinski definition) is 2. The van der Waals surface area contributed by atoms with Crippen LogP contribution in [0.5, 0.6) is 0 Å². The van der Waals surface area contributed by atoms with Gasteiger partial charge in [-0.3, -0.25) is 9.89 Å². The minimum absolute atomic E-state index is 0. The van der Waals surface area contributed by atoms with Crippen LogP contribution in [0.15, 0.2) is 23.2 Å². The van der Waals surface area contributed by atoms with Crippen LogP contribution in [0.25, 0.3) is 0 Å². The molecule has 1 atom stereocenters. The largest absolute Gasteiger partial charge is 0.374 e. The number of rotatable bonds is 5. The van der Waals surface area contributed by atoms with Crippen molar-refractivity contribution in [3.05, 3.63) is 29.8 Å². The van der Waals surface area contributed by atoms with Crippen LogP contribution in [0.3, 0.4) is 0 Å². The maximum atomic E-state index is 13.5. The second-order valence-corrected chi connectivity index (χ2v) is 6.12. The van der Waals surface area contributed by atoms with E-state index in [1.54, 1.807) is 0 Å². The van der Waals surface area contributed by atoms with Crippen LogP contribution in [0.2, 0.25) is 0 Å². The van der Waals surface area contributed by atoms with Crippen LogP contribution < -0.4 is 11.1 Å². The highest BCUT2D eigenvalue weighted by molar-refractivity contribution is 14.0. The third kappa shape index (κ3) is 6.86. The second-order valence-electron chi connectivity index (χ2n) is 6.12. The molecule has 1 heterocycles. The van der Waals surface area contributed by atoms with Gasteiger partial charge in [0.1, 0.15) is 11.6 Å². The molecule has 0 saturated carbocycles. The van der Waals surface area contributed by atoms with Crippen LogP contribution >= 0.6 is 24.0 Å². The van der Waals surface area contributed by atoms with Gasteiger partial charge in [0, 0.05) is 25.7 Å². The van der Waals surface area contributed by atoms with E-state index in [-0.39, 0.29) is 41.7 Å². The van der Waals surface area contributed by atoms with Gasteiger partial charge in [-0.2, -0.15) is 0 Å². The molecule has 0 aromatic heterocycles. The predicted octanol–water partition coefficient (Wildman–Crippen LogP) is 2.67. The maximum Gasteiger partial charge on any atom is 0.193 e. The van der Waals surface area contributed by atoms with Gasteiger partial charge in [-0.15, -0.1) is 24.0 Å². The molecule has 1 fully saturated rings. The van der Waals surface area contributed by atoms with E-state index >= 15 is 0 Å². The number of hydrogen-bond acceptors (Lipinski definition) is 3. The minimum Gasteiger partial charge on any atom is -0.374 e. The van der Waals surface area contributed by atoms with Gasteiger partial charge in [-0.05, 0) is 18.1 Å². The molecule has 2 rings (SSSR count). The van der Waals surface area contributed by atoms with E-state index in [1.807, 2.05) is 0 Å². The van der Waals surface area contributed by atoms with E-state index < -0.39 is 11.6 Å². The normalized spacial score (nSPS) is 19.2. The molecule has 136 valence electrons. The average Bonchev–Trinajstić information content (AvgIpc) is 2.49. The van der Waals surface area contributed by atoms with Gasteiger partial charge < -0.3 is 15.8 Å². The number of aliphatic imine (C=N–C) groups is 1. The first-order valence-electron chi connectivity index (χ1n) is 7.80. The summed E-state index contributed by atoms with van der Waals surface area (Å²) in [6.45, 7) is 8.13. The Morgan fingerprint density at radius 2 is 2.21 bits per heavy atom. The van der Waals surface area contributed by atoms with E-state index in [2.05, 4.69) is 29.1 Å². The fraction of sp³-hybridized carbons (Fsp3) is 0.562. The van der Waals surface area contributed by atoms with Gasteiger partial charge in [0.25, 0.3) is 0 Å². The van der Waals surface area contributed by atoms with E-state index in [9.17, 15) is 8.78 Å². The number of nitrogens with zero attached hydrogens (tertiary/aromatic N) is 2. The summed E-state index contributed by atoms with van der Waals surface area (Å²) < 4.78 is 32.3. The van der Waals surface area contributed by atoms with Gasteiger partial charge in [0.05, 0.1) is 24.9 Å². The van der Waals surface area contributed by atoms with Crippen molar-refractivity contribution in [1.29, 1.82) is 0 Å². The second kappa shape index (κ2) is 10.1. The Balaban J connectivity index is 0.00000288. The number of guanidine groups is 1. The van der Waals surface area contributed by atoms with E-state index in [4.69, 9.17) is 10.5 Å². The van der Waals surface area contributed by atoms with Gasteiger partial charge in [-0.1, -0.05) is 13.8 Å². The molecule has 1 aromatic rings. The summed E-state index contributed by atoms with van der Waals surface area (Å²) in [5.74, 6) is -0.484. The van der Waals surface area contributed by atoms with Crippen molar-refractivity contribution in [3.8, 4) is 0 Å². The Kier molecular flexibility index (Phi) is 8.85. The van der Waals surface area contributed by atoms with Crippen LogP contribution in [0, 0.1) is 17.6 Å². The number of nitrogens with one attached hydrogen (secondary N) is 1. The number of nitrogens with two attached hydrogens (primary N) is 1. The zero-order valence-corrected chi connectivity index (χ0v) is 16.3. The van der Waals surface area contributed by atoms with Crippen LogP contribution in [-0.4, -0.2) is 49.7 Å². The van der Waals surface area contributed by atoms with Gasteiger partial charge >= 0.3 is 0 Å². The van der Waals surface area contributed by atoms with Crippen molar-refractivity contribution in [2.24, 2.45) is 16.6 Å². The summed E-state index contributed by atoms with van der Waals surface area (Å²) in [5.41, 5.74) is 5.71. The molecular formula is C16H25F2IN4O. The van der Waals surface area contributed by atoms with Crippen molar-refractivity contribution >= 4 is 35.6 Å². The maximum absolute atomic E-state index is 13.5. The Hall–Kier alpha value is -1.00. The SMILES string of the molecule is CC(C)CN1CCOC(CN=C(N)Nc2cc(F)ccc2F)C1.I. The first kappa shape index (κ1) is 21.0. The third-order valence-electron chi connectivity index (χ3n) is 3.50. The van der Waals surface area contributed by atoms with Gasteiger partial charge in [0.15, 0.2) is 5.96 Å². The van der Waals surface area contributed by atoms with Crippen molar-refractivity contribution in [3.63, 3.8) is 0 Å². The predicted molar refractivity (Wildman–Crippen MR) is 103 cm³/mol. The molecule has 1 unspecified atom stereocenters. The third-order valence-corrected chi connectivity index (χ3v) is 3.50. The summed E-state index contributed by atoms with van der Waals surface area (Å²) in [6.07, 6.45) is -0.0415. The van der Waals surface area contributed by atoms with E-state index in [1.165, 1.54) is 0 Å². The molecule has 0 bridgehead atoms. The molecule has 0 aliphatic carbocycles. The lowest BCUT2D eigenvalue weighted by Gasteiger charge is -2.33. The molecule has 1 saturated heterocycles. The summed E-state index contributed by atoms with van der Waals surface area (Å²) in [4.78, 5) is 6.51. The molecule has 1 aromatic carbocycles. The number of morpholine rings is 1. The minimum atomic E-state index is -0.582. The molecule has 1 aliphatic heterocycles. The highest BCUT2D eigenvalue weighted by atomic mass is 127. The first-order chi connectivity index (χ1) is 10.9. The first-order valence-corrected chi connectivity index (χ1v) is 7.80. The molecular weight excluding hydrogens is 429 g/mol. The Bertz CT molecular complexity index is 557. The summed E-state index contributed by atoms with van der Waals surface area (Å²) in [5, 5.41) is 2.58. The Morgan fingerprint density at radius 3 is 2.92 bits per heavy atom. The van der Waals surface area contributed by atoms with Gasteiger partial charge in [-0.25, -0.2) is 8.78 Å². The fourth-order valence-electron chi connectivity index (χ4n) is 2.54. The van der Waals surface area contributed by atoms with Gasteiger partial charge in [0.2, 0.25) is 0 Å². The topological polar surface area (TPSA) is 62.9 Å². The lowest BCUT2D eigenvalue weighted by Crippen LogP contribution is -2.45. The summed E-state index contributed by atoms with van der Waals surface area (Å²) in [7, 11) is 0. The van der Waals surface area contributed by atoms with Crippen molar-refractivity contribution in [1.82, 2.24) is 4.90 Å². The smallest absolute Gasteiger partial charge is 0.193 e. The van der Waals surface area contributed by atoms with Crippen LogP contribution in [0.1, 0.15) is 13.8 Å². The van der Waals surface area contributed by atoms with Crippen LogP contribution in [-0.2, 0) is 4.74 Å². The van der Waals surface area contributed by atoms with Crippen molar-refractivity contribution in [2.75, 3.05) is 38.1 Å². The van der Waals surface area contributed by atoms with E-state index in [0.29, 0.717) is 19.1 Å². The van der Waals surface area contributed by atoms with Crippen molar-refractivity contribution < 1.29 is 13.5 Å². The monoisotopic (exact) mass is 454 g/mol. The lowest BCUT2D eigenvalue weighted by atomic mass is 10.2. The molecule has 0 spiro atoms.